The highest BCUT2D eigenvalue weighted by Gasteiger charge is 2.68. The molecule has 2 saturated heterocycles. The third-order valence-electron chi connectivity index (χ3n) is 8.52. The van der Waals surface area contributed by atoms with Gasteiger partial charge in [0, 0.05) is 24.0 Å². The summed E-state index contributed by atoms with van der Waals surface area (Å²) < 4.78 is 41.1. The number of benzene rings is 1. The number of aromatic amines is 1. The Hall–Kier alpha value is -2.65. The van der Waals surface area contributed by atoms with Crippen LogP contribution in [0.15, 0.2) is 46.1 Å². The number of nitrogens with zero attached hydrogens (tertiary/aromatic N) is 2. The Morgan fingerprint density at radius 1 is 1.05 bits per heavy atom. The van der Waals surface area contributed by atoms with E-state index in [-0.39, 0.29) is 39.6 Å². The van der Waals surface area contributed by atoms with E-state index in [1.807, 2.05) is 6.07 Å². The van der Waals surface area contributed by atoms with Gasteiger partial charge in [-0.2, -0.15) is 5.26 Å². The van der Waals surface area contributed by atoms with Gasteiger partial charge in [0.2, 0.25) is 0 Å². The van der Waals surface area contributed by atoms with Crippen LogP contribution in [0, 0.1) is 18.3 Å². The van der Waals surface area contributed by atoms with Crippen molar-refractivity contribution in [3.63, 3.8) is 0 Å². The van der Waals surface area contributed by atoms with Crippen molar-refractivity contribution in [1.29, 1.82) is 5.26 Å². The van der Waals surface area contributed by atoms with Crippen LogP contribution in [0.5, 0.6) is 5.75 Å². The Morgan fingerprint density at radius 3 is 2.18 bits per heavy atom. The molecule has 3 heterocycles. The molecule has 2 aliphatic heterocycles. The lowest BCUT2D eigenvalue weighted by molar-refractivity contribution is -0.0742. The summed E-state index contributed by atoms with van der Waals surface area (Å²) in [5.74, 6) is 0.401. The highest BCUT2D eigenvalue weighted by atomic mass is 32.1. The standard InChI is InChI=1S/C30H43N3O8SSi2/c1-18(2)43(19(3)4)36-16-24-25(40-44(41-43,20(5)6)21(7)8)30(17-31,39-29(42)37-23-13-11-10-12-14-23)27(38-24)33-15-22(9)26(34)32-28(33)35/h10-15,18-21,24-25,27H,16H2,1-9H3,(H,32,34,35)/t24-,25-,27-,30?/m1/s1. The SMILES string of the molecule is Cc1cn([C@@H]2O[C@@H]3CO[Si](C(C)C)(C(C)C)O[Si](C(C)C)(C(C)C)O[C@H]3C2(C#N)OC(=S)Oc2ccccc2)c(=O)[nH]c1=O. The molecule has 2 aliphatic rings. The molecular weight excluding hydrogens is 619 g/mol. The summed E-state index contributed by atoms with van der Waals surface area (Å²) in [7, 11) is -6.21. The first kappa shape index (κ1) is 34.2. The molecule has 14 heteroatoms. The van der Waals surface area contributed by atoms with Crippen molar-refractivity contribution in [1.82, 2.24) is 9.55 Å². The van der Waals surface area contributed by atoms with E-state index in [0.717, 1.165) is 4.57 Å². The minimum Gasteiger partial charge on any atom is -0.427 e. The fourth-order valence-electron chi connectivity index (χ4n) is 6.19. The number of thiocarbonyl (C=S) groups is 1. The maximum absolute atomic E-state index is 13.2. The van der Waals surface area contributed by atoms with Crippen molar-refractivity contribution in [2.24, 2.45) is 0 Å². The van der Waals surface area contributed by atoms with Gasteiger partial charge < -0.3 is 27.2 Å². The van der Waals surface area contributed by atoms with Gasteiger partial charge in [-0.25, -0.2) is 4.79 Å². The van der Waals surface area contributed by atoms with Gasteiger partial charge in [-0.3, -0.25) is 14.3 Å². The summed E-state index contributed by atoms with van der Waals surface area (Å²) in [4.78, 5) is 27.8. The average Bonchev–Trinajstić information content (AvgIpc) is 3.22. The normalized spacial score (nSPS) is 26.2. The van der Waals surface area contributed by atoms with E-state index in [0.29, 0.717) is 5.75 Å². The summed E-state index contributed by atoms with van der Waals surface area (Å²) in [6.45, 7) is 18.2. The molecule has 240 valence electrons. The molecule has 0 amide bonds. The molecule has 2 fully saturated rings. The zero-order chi connectivity index (χ0) is 32.6. The molecule has 1 N–H and O–H groups in total. The first-order chi connectivity index (χ1) is 20.6. The minimum absolute atomic E-state index is 0.0284. The monoisotopic (exact) mass is 661 g/mol. The molecule has 1 aromatic carbocycles. The fourth-order valence-corrected chi connectivity index (χ4v) is 17.6. The minimum atomic E-state index is -3.26. The molecule has 2 aromatic rings. The van der Waals surface area contributed by atoms with Gasteiger partial charge in [-0.15, -0.1) is 0 Å². The first-order valence-corrected chi connectivity index (χ1v) is 19.3. The van der Waals surface area contributed by atoms with E-state index in [1.54, 1.807) is 31.2 Å². The summed E-state index contributed by atoms with van der Waals surface area (Å²) in [5, 5.41) is 10.7. The second-order valence-electron chi connectivity index (χ2n) is 12.7. The predicted octanol–water partition coefficient (Wildman–Crippen LogP) is 5.34. The van der Waals surface area contributed by atoms with Crippen molar-refractivity contribution in [3.8, 4) is 11.8 Å². The van der Waals surface area contributed by atoms with Crippen LogP contribution in [0.25, 0.3) is 0 Å². The summed E-state index contributed by atoms with van der Waals surface area (Å²) in [5.41, 5.74) is -3.07. The van der Waals surface area contributed by atoms with E-state index >= 15 is 0 Å². The van der Waals surface area contributed by atoms with Crippen LogP contribution in [0.4, 0.5) is 0 Å². The van der Waals surface area contributed by atoms with Crippen LogP contribution in [-0.2, 0) is 22.4 Å². The quantitative estimate of drug-likeness (QED) is 0.306. The van der Waals surface area contributed by atoms with Crippen molar-refractivity contribution >= 4 is 34.6 Å². The largest absolute Gasteiger partial charge is 0.427 e. The second-order valence-corrected chi connectivity index (χ2v) is 21.9. The molecule has 1 unspecified atom stereocenters. The van der Waals surface area contributed by atoms with Crippen molar-refractivity contribution < 1.29 is 27.2 Å². The topological polar surface area (TPSA) is 134 Å². The van der Waals surface area contributed by atoms with Gasteiger partial charge >= 0.3 is 28.0 Å². The fraction of sp³-hybridized carbons (Fsp3) is 0.600. The molecule has 1 aromatic heterocycles. The third-order valence-corrected chi connectivity index (χ3v) is 18.9. The highest BCUT2D eigenvalue weighted by molar-refractivity contribution is 7.79. The van der Waals surface area contributed by atoms with Gasteiger partial charge in [0.25, 0.3) is 11.2 Å². The van der Waals surface area contributed by atoms with Crippen LogP contribution < -0.4 is 16.0 Å². The van der Waals surface area contributed by atoms with E-state index in [4.69, 9.17) is 39.4 Å². The van der Waals surface area contributed by atoms with Crippen molar-refractivity contribution in [2.75, 3.05) is 6.61 Å². The number of ether oxygens (including phenoxy) is 3. The van der Waals surface area contributed by atoms with Gasteiger partial charge in [0.05, 0.1) is 6.61 Å². The molecule has 0 bridgehead atoms. The smallest absolute Gasteiger partial charge is 0.359 e. The lowest BCUT2D eigenvalue weighted by atomic mass is 9.95. The molecule has 0 spiro atoms. The highest BCUT2D eigenvalue weighted by Crippen LogP contribution is 2.51. The zero-order valence-electron chi connectivity index (χ0n) is 26.8. The zero-order valence-corrected chi connectivity index (χ0v) is 29.6. The number of para-hydroxylation sites is 1. The van der Waals surface area contributed by atoms with Crippen LogP contribution >= 0.6 is 12.2 Å². The Labute approximate surface area is 265 Å². The number of nitriles is 1. The third kappa shape index (κ3) is 5.98. The number of fused-ring (bicyclic) bond motifs is 1. The van der Waals surface area contributed by atoms with Gasteiger partial charge in [0.15, 0.2) is 6.23 Å². The van der Waals surface area contributed by atoms with Crippen molar-refractivity contribution in [3.05, 3.63) is 62.9 Å². The van der Waals surface area contributed by atoms with Crippen molar-refractivity contribution in [2.45, 2.75) is 109 Å². The van der Waals surface area contributed by atoms with Crippen LogP contribution in [-0.4, -0.2) is 56.3 Å². The molecule has 0 radical (unpaired) electrons. The number of H-pyrrole nitrogens is 1. The van der Waals surface area contributed by atoms with E-state index < -0.39 is 52.4 Å². The summed E-state index contributed by atoms with van der Waals surface area (Å²) in [6, 6.07) is 11.0. The maximum Gasteiger partial charge on any atom is 0.359 e. The van der Waals surface area contributed by atoms with Crippen LogP contribution in [0.2, 0.25) is 22.2 Å². The number of aromatic nitrogens is 2. The number of hydrogen-bond acceptors (Lipinski definition) is 10. The van der Waals surface area contributed by atoms with E-state index in [2.05, 4.69) is 66.4 Å². The molecule has 0 aliphatic carbocycles. The molecule has 0 saturated carbocycles. The second kappa shape index (κ2) is 13.0. The Balaban J connectivity index is 1.93. The Kier molecular flexibility index (Phi) is 10.1. The van der Waals surface area contributed by atoms with Gasteiger partial charge in [-0.05, 0) is 41.2 Å². The molecule has 11 nitrogen and oxygen atoms in total. The molecule has 4 rings (SSSR count). The predicted molar refractivity (Wildman–Crippen MR) is 173 cm³/mol. The molecule has 4 atom stereocenters. The van der Waals surface area contributed by atoms with E-state index in [1.165, 1.54) is 6.20 Å². The van der Waals surface area contributed by atoms with Gasteiger partial charge in [-0.1, -0.05) is 73.6 Å². The lowest BCUT2D eigenvalue weighted by Gasteiger charge is -2.51. The maximum atomic E-state index is 13.2. The summed E-state index contributed by atoms with van der Waals surface area (Å²) >= 11 is 5.52. The van der Waals surface area contributed by atoms with Gasteiger partial charge in [0.1, 0.15) is 24.0 Å². The average molecular weight is 662 g/mol. The number of nitrogens with one attached hydrogen (secondary N) is 1. The number of aryl methyl sites for hydroxylation is 1. The van der Waals surface area contributed by atoms with E-state index in [9.17, 15) is 14.9 Å². The molecular formula is C30H43N3O8SSi2. The molecule has 44 heavy (non-hydrogen) atoms. The van der Waals surface area contributed by atoms with Crippen LogP contribution in [0.1, 0.15) is 67.2 Å². The number of rotatable bonds is 7. The summed E-state index contributed by atoms with van der Waals surface area (Å²) in [6.07, 6.45) is -1.99. The first-order valence-electron chi connectivity index (χ1n) is 15.0. The Bertz CT molecular complexity index is 1490. The lowest BCUT2D eigenvalue weighted by Crippen LogP contribution is -2.67. The Morgan fingerprint density at radius 2 is 1.64 bits per heavy atom. The van der Waals surface area contributed by atoms with Crippen LogP contribution in [0.3, 0.4) is 0 Å². The number of hydrogen-bond donors (Lipinski definition) is 1.